The summed E-state index contributed by atoms with van der Waals surface area (Å²) >= 11 is 0. The molecule has 0 bridgehead atoms. The van der Waals surface area contributed by atoms with E-state index in [0.29, 0.717) is 6.42 Å². The second kappa shape index (κ2) is 6.48. The lowest BCUT2D eigenvalue weighted by molar-refractivity contribution is -0.117. The minimum Gasteiger partial charge on any atom is -0.302 e. The van der Waals surface area contributed by atoms with Crippen molar-refractivity contribution < 1.29 is 4.79 Å². The number of fused-ring (bicyclic) bond motifs is 1. The number of hydrogen-bond donors (Lipinski definition) is 0. The molecule has 0 radical (unpaired) electrons. The van der Waals surface area contributed by atoms with Crippen molar-refractivity contribution in [1.29, 1.82) is 0 Å². The maximum atomic E-state index is 10.9. The van der Waals surface area contributed by atoms with Crippen LogP contribution in [0.3, 0.4) is 0 Å². The number of nitrogens with zero attached hydrogens (tertiary/aromatic N) is 1. The van der Waals surface area contributed by atoms with E-state index in [9.17, 15) is 4.79 Å². The van der Waals surface area contributed by atoms with Crippen molar-refractivity contribution in [2.24, 2.45) is 0 Å². The van der Waals surface area contributed by atoms with Gasteiger partial charge in [0.25, 0.3) is 0 Å². The fraction of sp³-hybridized carbons (Fsp3) is 0.353. The Morgan fingerprint density at radius 1 is 1.11 bits per heavy atom. The maximum absolute atomic E-state index is 10.9. The third-order valence-electron chi connectivity index (χ3n) is 3.39. The summed E-state index contributed by atoms with van der Waals surface area (Å²) in [5.41, 5.74) is 1.35. The van der Waals surface area contributed by atoms with Crippen LogP contribution in [0.15, 0.2) is 42.5 Å². The van der Waals surface area contributed by atoms with Gasteiger partial charge in [-0.1, -0.05) is 42.5 Å². The average Bonchev–Trinajstić information content (AvgIpc) is 2.39. The molecule has 0 aromatic heterocycles. The summed E-state index contributed by atoms with van der Waals surface area (Å²) in [5, 5.41) is 2.61. The van der Waals surface area contributed by atoms with Gasteiger partial charge < -0.3 is 9.69 Å². The first kappa shape index (κ1) is 13.8. The Bertz CT molecular complexity index is 557. The molecule has 2 nitrogen and oxygen atoms in total. The van der Waals surface area contributed by atoms with Crippen LogP contribution in [-0.4, -0.2) is 24.3 Å². The SMILES string of the molecule is CC(=O)CCCN(C)Cc1cccc2ccccc12. The molecule has 19 heavy (non-hydrogen) atoms. The highest BCUT2D eigenvalue weighted by molar-refractivity contribution is 5.85. The largest absolute Gasteiger partial charge is 0.302 e. The highest BCUT2D eigenvalue weighted by Crippen LogP contribution is 2.19. The van der Waals surface area contributed by atoms with E-state index in [1.807, 2.05) is 0 Å². The summed E-state index contributed by atoms with van der Waals surface area (Å²) in [6.45, 7) is 3.55. The van der Waals surface area contributed by atoms with Gasteiger partial charge in [-0.25, -0.2) is 0 Å². The predicted molar refractivity (Wildman–Crippen MR) is 80.2 cm³/mol. The monoisotopic (exact) mass is 255 g/mol. The Morgan fingerprint density at radius 3 is 2.63 bits per heavy atom. The van der Waals surface area contributed by atoms with E-state index in [1.165, 1.54) is 16.3 Å². The fourth-order valence-electron chi connectivity index (χ4n) is 2.40. The summed E-state index contributed by atoms with van der Waals surface area (Å²) in [4.78, 5) is 13.2. The first-order valence-corrected chi connectivity index (χ1v) is 6.81. The molecule has 2 aromatic rings. The first-order valence-electron chi connectivity index (χ1n) is 6.81. The number of benzene rings is 2. The molecule has 0 unspecified atom stereocenters. The highest BCUT2D eigenvalue weighted by Gasteiger charge is 2.04. The molecule has 2 aromatic carbocycles. The minimum atomic E-state index is 0.276. The van der Waals surface area contributed by atoms with Gasteiger partial charge in [-0.2, -0.15) is 0 Å². The van der Waals surface area contributed by atoms with E-state index in [4.69, 9.17) is 0 Å². The summed E-state index contributed by atoms with van der Waals surface area (Å²) in [7, 11) is 2.11. The predicted octanol–water partition coefficient (Wildman–Crippen LogP) is 3.64. The van der Waals surface area contributed by atoms with Crippen molar-refractivity contribution >= 4 is 16.6 Å². The molecule has 0 N–H and O–H groups in total. The van der Waals surface area contributed by atoms with Crippen LogP contribution in [0.2, 0.25) is 0 Å². The zero-order valence-corrected chi connectivity index (χ0v) is 11.7. The lowest BCUT2D eigenvalue weighted by atomic mass is 10.0. The molecule has 0 heterocycles. The van der Waals surface area contributed by atoms with Gasteiger partial charge in [0.05, 0.1) is 0 Å². The van der Waals surface area contributed by atoms with Crippen LogP contribution in [0.25, 0.3) is 10.8 Å². The number of carbonyl (C=O) groups excluding carboxylic acids is 1. The van der Waals surface area contributed by atoms with Gasteiger partial charge in [-0.3, -0.25) is 0 Å². The molecular weight excluding hydrogens is 234 g/mol. The molecule has 100 valence electrons. The van der Waals surface area contributed by atoms with Gasteiger partial charge in [0, 0.05) is 13.0 Å². The van der Waals surface area contributed by atoms with Gasteiger partial charge in [-0.05, 0) is 43.3 Å². The number of Topliss-reactive ketones (excluding diaryl/α,β-unsaturated/α-hetero) is 1. The van der Waals surface area contributed by atoms with Crippen molar-refractivity contribution in [2.45, 2.75) is 26.3 Å². The van der Waals surface area contributed by atoms with Gasteiger partial charge in [0.2, 0.25) is 0 Å². The van der Waals surface area contributed by atoms with E-state index in [1.54, 1.807) is 6.92 Å². The standard InChI is InChI=1S/C17H21NO/c1-14(19)7-6-12-18(2)13-16-10-5-9-15-8-3-4-11-17(15)16/h3-5,8-11H,6-7,12-13H2,1-2H3. The first-order chi connectivity index (χ1) is 9.16. The van der Waals surface area contributed by atoms with E-state index in [2.05, 4.69) is 54.4 Å². The second-order valence-electron chi connectivity index (χ2n) is 5.18. The van der Waals surface area contributed by atoms with Crippen LogP contribution in [0, 0.1) is 0 Å². The second-order valence-corrected chi connectivity index (χ2v) is 5.18. The zero-order chi connectivity index (χ0) is 13.7. The molecule has 0 aliphatic heterocycles. The van der Waals surface area contributed by atoms with Crippen molar-refractivity contribution in [3.63, 3.8) is 0 Å². The molecule has 0 aliphatic rings. The van der Waals surface area contributed by atoms with Crippen molar-refractivity contribution in [1.82, 2.24) is 4.90 Å². The lowest BCUT2D eigenvalue weighted by Gasteiger charge is -2.17. The Balaban J connectivity index is 2.02. The Hall–Kier alpha value is -1.67. The minimum absolute atomic E-state index is 0.276. The molecule has 2 heteroatoms. The quantitative estimate of drug-likeness (QED) is 0.785. The lowest BCUT2D eigenvalue weighted by Crippen LogP contribution is -2.19. The van der Waals surface area contributed by atoms with Crippen molar-refractivity contribution in [2.75, 3.05) is 13.6 Å². The summed E-state index contributed by atoms with van der Waals surface area (Å²) in [6.07, 6.45) is 1.62. The number of hydrogen-bond acceptors (Lipinski definition) is 2. The fourth-order valence-corrected chi connectivity index (χ4v) is 2.40. The third-order valence-corrected chi connectivity index (χ3v) is 3.39. The zero-order valence-electron chi connectivity index (χ0n) is 11.7. The van der Waals surface area contributed by atoms with E-state index in [0.717, 1.165) is 19.5 Å². The number of carbonyl (C=O) groups is 1. The molecule has 0 saturated heterocycles. The normalized spacial score (nSPS) is 11.1. The molecule has 0 spiro atoms. The molecule has 2 rings (SSSR count). The average molecular weight is 255 g/mol. The highest BCUT2D eigenvalue weighted by atomic mass is 16.1. The number of ketones is 1. The molecule has 0 aliphatic carbocycles. The van der Waals surface area contributed by atoms with E-state index < -0.39 is 0 Å². The van der Waals surface area contributed by atoms with Crippen molar-refractivity contribution in [3.8, 4) is 0 Å². The molecular formula is C17H21NO. The van der Waals surface area contributed by atoms with Crippen LogP contribution in [0.5, 0.6) is 0 Å². The third kappa shape index (κ3) is 3.90. The molecule has 0 saturated carbocycles. The van der Waals surface area contributed by atoms with Gasteiger partial charge >= 0.3 is 0 Å². The van der Waals surface area contributed by atoms with Crippen LogP contribution in [0.4, 0.5) is 0 Å². The molecule has 0 amide bonds. The van der Waals surface area contributed by atoms with Crippen LogP contribution in [0.1, 0.15) is 25.3 Å². The van der Waals surface area contributed by atoms with Crippen LogP contribution in [-0.2, 0) is 11.3 Å². The van der Waals surface area contributed by atoms with Gasteiger partial charge in [0.1, 0.15) is 5.78 Å². The smallest absolute Gasteiger partial charge is 0.129 e. The summed E-state index contributed by atoms with van der Waals surface area (Å²) in [5.74, 6) is 0.276. The summed E-state index contributed by atoms with van der Waals surface area (Å²) < 4.78 is 0. The maximum Gasteiger partial charge on any atom is 0.129 e. The Labute approximate surface area is 115 Å². The topological polar surface area (TPSA) is 20.3 Å². The van der Waals surface area contributed by atoms with Crippen LogP contribution >= 0.6 is 0 Å². The van der Waals surface area contributed by atoms with Gasteiger partial charge in [-0.15, -0.1) is 0 Å². The Morgan fingerprint density at radius 2 is 1.84 bits per heavy atom. The van der Waals surface area contributed by atoms with Crippen LogP contribution < -0.4 is 0 Å². The summed E-state index contributed by atoms with van der Waals surface area (Å²) in [6, 6.07) is 14.9. The van der Waals surface area contributed by atoms with E-state index >= 15 is 0 Å². The van der Waals surface area contributed by atoms with Crippen molar-refractivity contribution in [3.05, 3.63) is 48.0 Å². The van der Waals surface area contributed by atoms with Gasteiger partial charge in [0.15, 0.2) is 0 Å². The van der Waals surface area contributed by atoms with E-state index in [-0.39, 0.29) is 5.78 Å². The molecule has 0 fully saturated rings. The number of rotatable bonds is 6. The Kier molecular flexibility index (Phi) is 4.69. The molecule has 0 atom stereocenters.